The van der Waals surface area contributed by atoms with E-state index < -0.39 is 0 Å². The first-order valence-corrected chi connectivity index (χ1v) is 9.82. The number of allylic oxidation sites excluding steroid dienone is 1. The Hall–Kier alpha value is -1.65. The topological polar surface area (TPSA) is 26.8 Å². The number of para-hydroxylation sites is 1. The first-order valence-electron chi connectivity index (χ1n) is 9.82. The maximum atomic E-state index is 12.6. The summed E-state index contributed by atoms with van der Waals surface area (Å²) >= 11 is 0. The Bertz CT molecular complexity index is 634. The van der Waals surface area contributed by atoms with Crippen LogP contribution >= 0.6 is 0 Å². The van der Waals surface area contributed by atoms with Gasteiger partial charge in [0.05, 0.1) is 0 Å². The van der Waals surface area contributed by atoms with Gasteiger partial charge in [-0.15, -0.1) is 0 Å². The second-order valence-corrected chi connectivity index (χ2v) is 7.48. The van der Waals surface area contributed by atoms with E-state index in [0.29, 0.717) is 12.5 Å². The number of hydrogen-bond acceptors (Lipinski definition) is 3. The molecule has 2 aliphatic heterocycles. The van der Waals surface area contributed by atoms with Gasteiger partial charge in [0.15, 0.2) is 0 Å². The summed E-state index contributed by atoms with van der Waals surface area (Å²) in [7, 11) is 0. The first-order chi connectivity index (χ1) is 12.3. The van der Waals surface area contributed by atoms with Gasteiger partial charge in [0.1, 0.15) is 0 Å². The molecule has 1 amide bonds. The van der Waals surface area contributed by atoms with Crippen molar-refractivity contribution < 1.29 is 4.79 Å². The Morgan fingerprint density at radius 3 is 2.72 bits per heavy atom. The van der Waals surface area contributed by atoms with Gasteiger partial charge in [-0.1, -0.05) is 30.4 Å². The summed E-state index contributed by atoms with van der Waals surface area (Å²) < 4.78 is 0. The Labute approximate surface area is 151 Å². The molecular formula is C21H29N3O. The minimum absolute atomic E-state index is 0.280. The predicted octanol–water partition coefficient (Wildman–Crippen LogP) is 2.69. The van der Waals surface area contributed by atoms with Crippen molar-refractivity contribution in [2.75, 3.05) is 44.2 Å². The van der Waals surface area contributed by atoms with Gasteiger partial charge in [0.2, 0.25) is 5.91 Å². The fourth-order valence-corrected chi connectivity index (χ4v) is 4.40. The van der Waals surface area contributed by atoms with E-state index >= 15 is 0 Å². The zero-order valence-electron chi connectivity index (χ0n) is 15.1. The monoisotopic (exact) mass is 339 g/mol. The molecule has 0 N–H and O–H groups in total. The molecule has 4 nitrogen and oxygen atoms in total. The van der Waals surface area contributed by atoms with Gasteiger partial charge < -0.3 is 9.80 Å². The van der Waals surface area contributed by atoms with E-state index in [9.17, 15) is 4.79 Å². The predicted molar refractivity (Wildman–Crippen MR) is 102 cm³/mol. The lowest BCUT2D eigenvalue weighted by atomic mass is 10.0. The van der Waals surface area contributed by atoms with Crippen LogP contribution in [0.15, 0.2) is 36.4 Å². The van der Waals surface area contributed by atoms with Crippen LogP contribution in [0.2, 0.25) is 0 Å². The summed E-state index contributed by atoms with van der Waals surface area (Å²) in [4.78, 5) is 19.7. The third-order valence-electron chi connectivity index (χ3n) is 5.93. The summed E-state index contributed by atoms with van der Waals surface area (Å²) in [5.74, 6) is 0.280. The van der Waals surface area contributed by atoms with Gasteiger partial charge >= 0.3 is 0 Å². The van der Waals surface area contributed by atoms with Crippen LogP contribution in [0.25, 0.3) is 0 Å². The number of nitrogens with zero attached hydrogens (tertiary/aromatic N) is 3. The van der Waals surface area contributed by atoms with Crippen LogP contribution in [0, 0.1) is 0 Å². The lowest BCUT2D eigenvalue weighted by molar-refractivity contribution is -0.118. The molecule has 2 heterocycles. The molecule has 1 aliphatic carbocycles. The average Bonchev–Trinajstić information content (AvgIpc) is 3.11. The molecule has 3 aliphatic rings. The van der Waals surface area contributed by atoms with Crippen molar-refractivity contribution in [3.05, 3.63) is 42.0 Å². The third kappa shape index (κ3) is 3.80. The van der Waals surface area contributed by atoms with Gasteiger partial charge in [0, 0.05) is 57.4 Å². The maximum Gasteiger partial charge on any atom is 0.228 e. The SMILES string of the molecule is O=C(CCN1CCN(C2C=CCCC2)CC1)N1CCc2ccccc21. The molecule has 0 radical (unpaired) electrons. The molecule has 1 aromatic carbocycles. The van der Waals surface area contributed by atoms with E-state index in [1.54, 1.807) is 0 Å². The Balaban J connectivity index is 1.24. The molecule has 0 aromatic heterocycles. The Morgan fingerprint density at radius 2 is 1.92 bits per heavy atom. The van der Waals surface area contributed by atoms with Crippen LogP contribution < -0.4 is 4.90 Å². The van der Waals surface area contributed by atoms with E-state index in [0.717, 1.165) is 51.4 Å². The fourth-order valence-electron chi connectivity index (χ4n) is 4.40. The number of benzene rings is 1. The molecule has 1 unspecified atom stereocenters. The molecule has 1 atom stereocenters. The number of anilines is 1. The van der Waals surface area contributed by atoms with Crippen LogP contribution in [0.1, 0.15) is 31.2 Å². The number of amides is 1. The van der Waals surface area contributed by atoms with Gasteiger partial charge in [0.25, 0.3) is 0 Å². The van der Waals surface area contributed by atoms with E-state index in [1.807, 2.05) is 11.0 Å². The largest absolute Gasteiger partial charge is 0.312 e. The van der Waals surface area contributed by atoms with Gasteiger partial charge in [-0.05, 0) is 37.3 Å². The average molecular weight is 339 g/mol. The normalized spacial score (nSPS) is 24.5. The number of fused-ring (bicyclic) bond motifs is 1. The lowest BCUT2D eigenvalue weighted by Gasteiger charge is -2.39. The molecule has 0 spiro atoms. The summed E-state index contributed by atoms with van der Waals surface area (Å²) in [6.45, 7) is 6.19. The standard InChI is InChI=1S/C21H29N3O/c25-21(24-13-10-18-6-4-5-9-20(18)24)11-12-22-14-16-23(17-15-22)19-7-2-1-3-8-19/h2,4-7,9,19H,1,3,8,10-17H2. The van der Waals surface area contributed by atoms with Crippen molar-refractivity contribution in [2.45, 2.75) is 38.1 Å². The molecule has 4 rings (SSSR count). The Morgan fingerprint density at radius 1 is 1.08 bits per heavy atom. The van der Waals surface area contributed by atoms with Crippen LogP contribution in [0.5, 0.6) is 0 Å². The van der Waals surface area contributed by atoms with Crippen LogP contribution in [-0.4, -0.2) is 61.0 Å². The highest BCUT2D eigenvalue weighted by Crippen LogP contribution is 2.28. The first kappa shape index (κ1) is 16.8. The molecule has 25 heavy (non-hydrogen) atoms. The van der Waals surface area contributed by atoms with Crippen LogP contribution in [0.4, 0.5) is 5.69 Å². The number of hydrogen-bond donors (Lipinski definition) is 0. The van der Waals surface area contributed by atoms with E-state index in [1.165, 1.54) is 24.8 Å². The van der Waals surface area contributed by atoms with Crippen molar-refractivity contribution in [3.8, 4) is 0 Å². The van der Waals surface area contributed by atoms with Crippen molar-refractivity contribution in [3.63, 3.8) is 0 Å². The molecule has 134 valence electrons. The number of piperazine rings is 1. The minimum atomic E-state index is 0.280. The summed E-state index contributed by atoms with van der Waals surface area (Å²) in [5, 5.41) is 0. The molecule has 1 fully saturated rings. The van der Waals surface area contributed by atoms with Crippen LogP contribution in [-0.2, 0) is 11.2 Å². The van der Waals surface area contributed by atoms with Gasteiger partial charge in [-0.25, -0.2) is 0 Å². The van der Waals surface area contributed by atoms with Crippen molar-refractivity contribution in [2.24, 2.45) is 0 Å². The molecule has 0 bridgehead atoms. The highest BCUT2D eigenvalue weighted by atomic mass is 16.2. The smallest absolute Gasteiger partial charge is 0.228 e. The molecular weight excluding hydrogens is 310 g/mol. The highest BCUT2D eigenvalue weighted by molar-refractivity contribution is 5.95. The number of carbonyl (C=O) groups excluding carboxylic acids is 1. The zero-order valence-corrected chi connectivity index (χ0v) is 15.1. The lowest BCUT2D eigenvalue weighted by Crippen LogP contribution is -2.50. The molecule has 4 heteroatoms. The quantitative estimate of drug-likeness (QED) is 0.789. The van der Waals surface area contributed by atoms with Crippen LogP contribution in [0.3, 0.4) is 0 Å². The number of rotatable bonds is 4. The van der Waals surface area contributed by atoms with Gasteiger partial charge in [-0.2, -0.15) is 0 Å². The van der Waals surface area contributed by atoms with Crippen molar-refractivity contribution >= 4 is 11.6 Å². The maximum absolute atomic E-state index is 12.6. The number of carbonyl (C=O) groups is 1. The van der Waals surface area contributed by atoms with Crippen molar-refractivity contribution in [1.82, 2.24) is 9.80 Å². The zero-order chi connectivity index (χ0) is 17.1. The van der Waals surface area contributed by atoms with E-state index in [2.05, 4.69) is 40.2 Å². The minimum Gasteiger partial charge on any atom is -0.312 e. The second-order valence-electron chi connectivity index (χ2n) is 7.48. The summed E-state index contributed by atoms with van der Waals surface area (Å²) in [6, 6.07) is 8.97. The second kappa shape index (κ2) is 7.71. The highest BCUT2D eigenvalue weighted by Gasteiger charge is 2.26. The van der Waals surface area contributed by atoms with E-state index in [4.69, 9.17) is 0 Å². The molecule has 0 saturated carbocycles. The van der Waals surface area contributed by atoms with Crippen molar-refractivity contribution in [1.29, 1.82) is 0 Å². The summed E-state index contributed by atoms with van der Waals surface area (Å²) in [6.07, 6.45) is 10.3. The van der Waals surface area contributed by atoms with E-state index in [-0.39, 0.29) is 5.91 Å². The molecule has 1 aromatic rings. The Kier molecular flexibility index (Phi) is 5.18. The third-order valence-corrected chi connectivity index (χ3v) is 5.93. The van der Waals surface area contributed by atoms with Gasteiger partial charge in [-0.3, -0.25) is 9.69 Å². The fraction of sp³-hybridized carbons (Fsp3) is 0.571. The summed E-state index contributed by atoms with van der Waals surface area (Å²) in [5.41, 5.74) is 2.44. The molecule has 1 saturated heterocycles.